The summed E-state index contributed by atoms with van der Waals surface area (Å²) in [4.78, 5) is 36.7. The second kappa shape index (κ2) is 7.49. The first-order valence-corrected chi connectivity index (χ1v) is 7.85. The highest BCUT2D eigenvalue weighted by atomic mass is 16.5. The lowest BCUT2D eigenvalue weighted by Crippen LogP contribution is -2.49. The molecule has 1 fully saturated rings. The lowest BCUT2D eigenvalue weighted by atomic mass is 9.98. The van der Waals surface area contributed by atoms with E-state index in [1.54, 1.807) is 13.8 Å². The molecule has 7 nitrogen and oxygen atoms in total. The van der Waals surface area contributed by atoms with Gasteiger partial charge in [-0.3, -0.25) is 9.59 Å². The fourth-order valence-corrected chi connectivity index (χ4v) is 2.64. The van der Waals surface area contributed by atoms with Crippen molar-refractivity contribution in [3.8, 4) is 0 Å². The van der Waals surface area contributed by atoms with E-state index < -0.39 is 5.92 Å². The number of amides is 1. The van der Waals surface area contributed by atoms with Crippen LogP contribution in [0.3, 0.4) is 0 Å². The Morgan fingerprint density at radius 1 is 1.23 bits per heavy atom. The Bertz CT molecular complexity index is 493. The van der Waals surface area contributed by atoms with Gasteiger partial charge in [0.1, 0.15) is 0 Å². The van der Waals surface area contributed by atoms with E-state index in [2.05, 4.69) is 21.8 Å². The van der Waals surface area contributed by atoms with Crippen molar-refractivity contribution in [2.24, 2.45) is 15.9 Å². The number of piperazine rings is 1. The predicted octanol–water partition coefficient (Wildman–Crippen LogP) is 0.550. The molecular formula is C15H24N4O3. The molecule has 0 aromatic carbocycles. The van der Waals surface area contributed by atoms with Crippen molar-refractivity contribution in [3.63, 3.8) is 0 Å². The third kappa shape index (κ3) is 3.91. The first-order valence-electron chi connectivity index (χ1n) is 7.85. The highest BCUT2D eigenvalue weighted by Crippen LogP contribution is 2.17. The highest BCUT2D eigenvalue weighted by Gasteiger charge is 2.31. The molecule has 122 valence electrons. The molecule has 2 aliphatic rings. The average molecular weight is 308 g/mol. The van der Waals surface area contributed by atoms with Crippen LogP contribution < -0.4 is 0 Å². The molecule has 2 rings (SSSR count). The number of aliphatic imine (C=N–C) groups is 2. The third-order valence-electron chi connectivity index (χ3n) is 4.07. The molecule has 1 amide bonds. The van der Waals surface area contributed by atoms with Gasteiger partial charge >= 0.3 is 5.97 Å². The van der Waals surface area contributed by atoms with Crippen molar-refractivity contribution in [1.29, 1.82) is 0 Å². The maximum absolute atomic E-state index is 12.2. The standard InChI is InChI=1S/C15H24N4O3/c1-4-18-6-8-19(9-7-18)15-16-11(3)12(14(21)17-15)10-13(20)22-5-2/h12H,4-10H2,1-3H3. The number of hydrogen-bond donors (Lipinski definition) is 0. The van der Waals surface area contributed by atoms with E-state index in [0.717, 1.165) is 32.7 Å². The van der Waals surface area contributed by atoms with Gasteiger partial charge in [-0.15, -0.1) is 0 Å². The summed E-state index contributed by atoms with van der Waals surface area (Å²) in [6.45, 7) is 10.5. The van der Waals surface area contributed by atoms with Crippen LogP contribution in [0.25, 0.3) is 0 Å². The Morgan fingerprint density at radius 2 is 1.91 bits per heavy atom. The minimum absolute atomic E-state index is 0.0163. The van der Waals surface area contributed by atoms with Crippen LogP contribution in [0.5, 0.6) is 0 Å². The second-order valence-electron chi connectivity index (χ2n) is 5.49. The van der Waals surface area contributed by atoms with Crippen LogP contribution in [0.4, 0.5) is 0 Å². The maximum atomic E-state index is 12.2. The smallest absolute Gasteiger partial charge is 0.306 e. The molecule has 7 heteroatoms. The van der Waals surface area contributed by atoms with Gasteiger partial charge in [0.25, 0.3) is 5.91 Å². The summed E-state index contributed by atoms with van der Waals surface area (Å²) < 4.78 is 4.90. The van der Waals surface area contributed by atoms with Gasteiger partial charge in [0, 0.05) is 31.9 Å². The summed E-state index contributed by atoms with van der Waals surface area (Å²) in [7, 11) is 0. The van der Waals surface area contributed by atoms with E-state index in [0.29, 0.717) is 18.3 Å². The number of carbonyl (C=O) groups is 2. The molecular weight excluding hydrogens is 284 g/mol. The number of esters is 1. The molecule has 22 heavy (non-hydrogen) atoms. The third-order valence-corrected chi connectivity index (χ3v) is 4.07. The molecule has 0 bridgehead atoms. The molecule has 0 aromatic heterocycles. The quantitative estimate of drug-likeness (QED) is 0.709. The zero-order valence-corrected chi connectivity index (χ0v) is 13.5. The van der Waals surface area contributed by atoms with Crippen LogP contribution in [-0.2, 0) is 14.3 Å². The summed E-state index contributed by atoms with van der Waals surface area (Å²) in [5, 5.41) is 0. The van der Waals surface area contributed by atoms with E-state index in [-0.39, 0.29) is 18.3 Å². The van der Waals surface area contributed by atoms with Gasteiger partial charge in [0.2, 0.25) is 5.96 Å². The fourth-order valence-electron chi connectivity index (χ4n) is 2.64. The molecule has 2 aliphatic heterocycles. The minimum Gasteiger partial charge on any atom is -0.466 e. The first kappa shape index (κ1) is 16.6. The Morgan fingerprint density at radius 3 is 2.45 bits per heavy atom. The monoisotopic (exact) mass is 308 g/mol. The van der Waals surface area contributed by atoms with Crippen molar-refractivity contribution < 1.29 is 14.3 Å². The Labute approximate surface area is 131 Å². The summed E-state index contributed by atoms with van der Waals surface area (Å²) in [5.41, 5.74) is 0.640. The zero-order valence-electron chi connectivity index (χ0n) is 13.5. The predicted molar refractivity (Wildman–Crippen MR) is 84.0 cm³/mol. The van der Waals surface area contributed by atoms with E-state index >= 15 is 0 Å². The van der Waals surface area contributed by atoms with Crippen molar-refractivity contribution in [3.05, 3.63) is 0 Å². The second-order valence-corrected chi connectivity index (χ2v) is 5.49. The molecule has 2 heterocycles. The molecule has 0 aliphatic carbocycles. The van der Waals surface area contributed by atoms with Crippen LogP contribution in [0.2, 0.25) is 0 Å². The molecule has 0 saturated carbocycles. The SMILES string of the molecule is CCOC(=O)CC1C(=O)N=C(N2CCN(CC)CC2)N=C1C. The largest absolute Gasteiger partial charge is 0.466 e. The lowest BCUT2D eigenvalue weighted by Gasteiger charge is -2.35. The van der Waals surface area contributed by atoms with E-state index in [4.69, 9.17) is 4.74 Å². The lowest BCUT2D eigenvalue weighted by molar-refractivity contribution is -0.145. The van der Waals surface area contributed by atoms with E-state index in [1.165, 1.54) is 0 Å². The van der Waals surface area contributed by atoms with Gasteiger partial charge in [-0.25, -0.2) is 4.99 Å². The molecule has 0 spiro atoms. The minimum atomic E-state index is -0.584. The van der Waals surface area contributed by atoms with Gasteiger partial charge in [-0.05, 0) is 20.4 Å². The van der Waals surface area contributed by atoms with Crippen LogP contribution >= 0.6 is 0 Å². The van der Waals surface area contributed by atoms with Crippen LogP contribution in [0.15, 0.2) is 9.98 Å². The van der Waals surface area contributed by atoms with Crippen molar-refractivity contribution >= 4 is 23.5 Å². The Hall–Kier alpha value is -1.76. The Kier molecular flexibility index (Phi) is 5.65. The maximum Gasteiger partial charge on any atom is 0.306 e. The van der Waals surface area contributed by atoms with Gasteiger partial charge in [0.15, 0.2) is 0 Å². The van der Waals surface area contributed by atoms with Gasteiger partial charge in [0.05, 0.1) is 18.9 Å². The molecule has 1 atom stereocenters. The molecule has 1 saturated heterocycles. The van der Waals surface area contributed by atoms with Gasteiger partial charge < -0.3 is 14.5 Å². The zero-order chi connectivity index (χ0) is 16.1. The van der Waals surface area contributed by atoms with Crippen LogP contribution in [-0.4, -0.2) is 72.7 Å². The summed E-state index contributed by atoms with van der Waals surface area (Å²) in [6.07, 6.45) is 0.0163. The van der Waals surface area contributed by atoms with Crippen molar-refractivity contribution in [2.45, 2.75) is 27.2 Å². The summed E-state index contributed by atoms with van der Waals surface area (Å²) in [6, 6.07) is 0. The van der Waals surface area contributed by atoms with Crippen molar-refractivity contribution in [2.75, 3.05) is 39.3 Å². The number of carbonyl (C=O) groups excluding carboxylic acids is 2. The molecule has 0 N–H and O–H groups in total. The van der Waals surface area contributed by atoms with E-state index in [1.807, 2.05) is 4.90 Å². The van der Waals surface area contributed by atoms with Crippen molar-refractivity contribution in [1.82, 2.24) is 9.80 Å². The number of guanidine groups is 1. The van der Waals surface area contributed by atoms with Crippen LogP contribution in [0, 0.1) is 5.92 Å². The number of likely N-dealkylation sites (N-methyl/N-ethyl adjacent to an activating group) is 1. The fraction of sp³-hybridized carbons (Fsp3) is 0.733. The number of rotatable bonds is 4. The number of nitrogens with zero attached hydrogens (tertiary/aromatic N) is 4. The molecule has 1 unspecified atom stereocenters. The normalized spacial score (nSPS) is 23.1. The average Bonchev–Trinajstić information content (AvgIpc) is 2.51. The van der Waals surface area contributed by atoms with Crippen LogP contribution in [0.1, 0.15) is 27.2 Å². The Balaban J connectivity index is 2.00. The first-order chi connectivity index (χ1) is 10.5. The topological polar surface area (TPSA) is 74.6 Å². The summed E-state index contributed by atoms with van der Waals surface area (Å²) >= 11 is 0. The molecule has 0 radical (unpaired) electrons. The van der Waals surface area contributed by atoms with E-state index in [9.17, 15) is 9.59 Å². The van der Waals surface area contributed by atoms with Gasteiger partial charge in [-0.2, -0.15) is 4.99 Å². The van der Waals surface area contributed by atoms with Gasteiger partial charge in [-0.1, -0.05) is 6.92 Å². The number of ether oxygens (including phenoxy) is 1. The highest BCUT2D eigenvalue weighted by molar-refractivity contribution is 6.15. The molecule has 0 aromatic rings. The summed E-state index contributed by atoms with van der Waals surface area (Å²) in [5.74, 6) is -0.780. The number of hydrogen-bond acceptors (Lipinski definition) is 6.